The van der Waals surface area contributed by atoms with Gasteiger partial charge in [-0.05, 0) is 31.3 Å². The molecule has 0 radical (unpaired) electrons. The zero-order valence-electron chi connectivity index (χ0n) is 5.78. The van der Waals surface area contributed by atoms with Gasteiger partial charge in [0.15, 0.2) is 0 Å². The maximum absolute atomic E-state index is 3.36. The Balaban J connectivity index is 0.000000640. The van der Waals surface area contributed by atoms with E-state index in [1.54, 1.807) is 0 Å². The second-order valence-electron chi connectivity index (χ2n) is 2.95. The third-order valence-corrected chi connectivity index (χ3v) is 2.21. The van der Waals surface area contributed by atoms with Crippen molar-refractivity contribution in [2.45, 2.75) is 20.3 Å². The van der Waals surface area contributed by atoms with Gasteiger partial charge >= 0.3 is 0 Å². The fraction of sp³-hybridized carbons (Fsp3) is 1.00. The first-order valence-corrected chi connectivity index (χ1v) is 3.51. The molecule has 1 aliphatic heterocycles. The average Bonchev–Trinajstić information content (AvgIpc) is 1.77. The molecule has 1 heteroatoms. The van der Waals surface area contributed by atoms with Crippen LogP contribution in [-0.4, -0.2) is 13.1 Å². The van der Waals surface area contributed by atoms with Crippen LogP contribution in [0.5, 0.6) is 0 Å². The van der Waals surface area contributed by atoms with Crippen LogP contribution in [0.1, 0.15) is 21.7 Å². The first-order chi connectivity index (χ1) is 3.80. The number of nitrogens with one attached hydrogen (secondary N) is 1. The first-order valence-electron chi connectivity index (χ1n) is 3.51. The molecule has 1 heterocycles. The molecule has 0 aromatic carbocycles. The molecule has 2 unspecified atom stereocenters. The predicted octanol–water partition coefficient (Wildman–Crippen LogP) is 1.50. The van der Waals surface area contributed by atoms with Crippen molar-refractivity contribution >= 4 is 0 Å². The Hall–Kier alpha value is -0.0400. The van der Waals surface area contributed by atoms with Crippen molar-refractivity contribution in [3.05, 3.63) is 0 Å². The molecule has 8 heavy (non-hydrogen) atoms. The van der Waals surface area contributed by atoms with E-state index in [-0.39, 0.29) is 1.43 Å². The summed E-state index contributed by atoms with van der Waals surface area (Å²) in [7, 11) is 0. The van der Waals surface area contributed by atoms with Crippen molar-refractivity contribution < 1.29 is 1.43 Å². The van der Waals surface area contributed by atoms with E-state index in [4.69, 9.17) is 0 Å². The van der Waals surface area contributed by atoms with Crippen LogP contribution in [0.15, 0.2) is 0 Å². The van der Waals surface area contributed by atoms with Gasteiger partial charge in [-0.3, -0.25) is 0 Å². The lowest BCUT2D eigenvalue weighted by molar-refractivity contribution is 0.295. The quantitative estimate of drug-likeness (QED) is 0.504. The van der Waals surface area contributed by atoms with E-state index in [0.717, 1.165) is 11.8 Å². The molecule has 1 N–H and O–H groups in total. The van der Waals surface area contributed by atoms with Crippen LogP contribution < -0.4 is 5.32 Å². The zero-order chi connectivity index (χ0) is 5.98. The average molecular weight is 115 g/mol. The van der Waals surface area contributed by atoms with Crippen molar-refractivity contribution in [2.24, 2.45) is 11.8 Å². The molecule has 0 amide bonds. The summed E-state index contributed by atoms with van der Waals surface area (Å²) in [6, 6.07) is 0. The predicted molar refractivity (Wildman–Crippen MR) is 37.9 cm³/mol. The van der Waals surface area contributed by atoms with Crippen molar-refractivity contribution in [3.63, 3.8) is 0 Å². The van der Waals surface area contributed by atoms with Crippen molar-refractivity contribution in [1.82, 2.24) is 5.32 Å². The zero-order valence-corrected chi connectivity index (χ0v) is 5.78. The topological polar surface area (TPSA) is 12.0 Å². The summed E-state index contributed by atoms with van der Waals surface area (Å²) in [5.41, 5.74) is 0. The summed E-state index contributed by atoms with van der Waals surface area (Å²) in [6.45, 7) is 7.11. The highest BCUT2D eigenvalue weighted by Crippen LogP contribution is 2.16. The summed E-state index contributed by atoms with van der Waals surface area (Å²) >= 11 is 0. The van der Waals surface area contributed by atoms with Gasteiger partial charge in [0.05, 0.1) is 0 Å². The minimum Gasteiger partial charge on any atom is -0.316 e. The van der Waals surface area contributed by atoms with Gasteiger partial charge in [0.1, 0.15) is 0 Å². The monoisotopic (exact) mass is 115 g/mol. The molecule has 2 atom stereocenters. The number of hydrogen-bond donors (Lipinski definition) is 1. The van der Waals surface area contributed by atoms with Crippen molar-refractivity contribution in [2.75, 3.05) is 13.1 Å². The molecule has 1 rings (SSSR count). The Morgan fingerprint density at radius 2 is 2.12 bits per heavy atom. The molecule has 0 aromatic heterocycles. The van der Waals surface area contributed by atoms with Crippen LogP contribution in [-0.2, 0) is 0 Å². The van der Waals surface area contributed by atoms with E-state index in [1.807, 2.05) is 0 Å². The maximum atomic E-state index is 3.36. The minimum absolute atomic E-state index is 0. The number of piperidine rings is 1. The van der Waals surface area contributed by atoms with E-state index in [2.05, 4.69) is 19.2 Å². The van der Waals surface area contributed by atoms with Gasteiger partial charge in [0.2, 0.25) is 0 Å². The summed E-state index contributed by atoms with van der Waals surface area (Å²) < 4.78 is 0. The van der Waals surface area contributed by atoms with Crippen LogP contribution >= 0.6 is 0 Å². The molecule has 0 aliphatic carbocycles. The minimum atomic E-state index is 0. The van der Waals surface area contributed by atoms with Gasteiger partial charge in [0, 0.05) is 1.43 Å². The van der Waals surface area contributed by atoms with Crippen LogP contribution in [0.3, 0.4) is 0 Å². The third-order valence-electron chi connectivity index (χ3n) is 2.21. The SMILES string of the molecule is CC1CCNCC1C.[HH]. The second-order valence-corrected chi connectivity index (χ2v) is 2.95. The van der Waals surface area contributed by atoms with Crippen LogP contribution in [0.2, 0.25) is 0 Å². The first kappa shape index (κ1) is 6.09. The highest BCUT2D eigenvalue weighted by atomic mass is 14.9. The standard InChI is InChI=1S/C7H15N.H2/c1-6-3-4-8-5-7(6)2;/h6-8H,3-5H2,1-2H3;1H. The molecule has 0 bridgehead atoms. The largest absolute Gasteiger partial charge is 0.316 e. The van der Waals surface area contributed by atoms with Gasteiger partial charge in [-0.1, -0.05) is 13.8 Å². The molecule has 0 aromatic rings. The van der Waals surface area contributed by atoms with Gasteiger partial charge in [0.25, 0.3) is 0 Å². The molecular formula is C7H17N. The Kier molecular flexibility index (Phi) is 1.90. The van der Waals surface area contributed by atoms with Crippen LogP contribution in [0, 0.1) is 11.8 Å². The highest BCUT2D eigenvalue weighted by Gasteiger charge is 2.14. The lowest BCUT2D eigenvalue weighted by Crippen LogP contribution is -2.33. The van der Waals surface area contributed by atoms with Crippen LogP contribution in [0.25, 0.3) is 0 Å². The molecule has 1 aliphatic rings. The van der Waals surface area contributed by atoms with E-state index < -0.39 is 0 Å². The molecule has 0 saturated carbocycles. The van der Waals surface area contributed by atoms with E-state index in [1.165, 1.54) is 19.5 Å². The maximum Gasteiger partial charge on any atom is 0 e. The van der Waals surface area contributed by atoms with Crippen molar-refractivity contribution in [3.8, 4) is 0 Å². The van der Waals surface area contributed by atoms with Gasteiger partial charge in [-0.15, -0.1) is 0 Å². The van der Waals surface area contributed by atoms with E-state index in [0.29, 0.717) is 0 Å². The fourth-order valence-electron chi connectivity index (χ4n) is 1.15. The van der Waals surface area contributed by atoms with Gasteiger partial charge in [-0.2, -0.15) is 0 Å². The second kappa shape index (κ2) is 2.49. The Morgan fingerprint density at radius 1 is 1.38 bits per heavy atom. The highest BCUT2D eigenvalue weighted by molar-refractivity contribution is 4.70. The Morgan fingerprint density at radius 3 is 2.50 bits per heavy atom. The number of hydrogen-bond acceptors (Lipinski definition) is 1. The van der Waals surface area contributed by atoms with E-state index >= 15 is 0 Å². The van der Waals surface area contributed by atoms with Gasteiger partial charge < -0.3 is 5.32 Å². The van der Waals surface area contributed by atoms with Crippen molar-refractivity contribution in [1.29, 1.82) is 0 Å². The summed E-state index contributed by atoms with van der Waals surface area (Å²) in [4.78, 5) is 0. The number of rotatable bonds is 0. The molecule has 1 fully saturated rings. The Labute approximate surface area is 53.0 Å². The molecule has 1 saturated heterocycles. The lowest BCUT2D eigenvalue weighted by Gasteiger charge is -2.25. The Bertz CT molecular complexity index is 65.3. The van der Waals surface area contributed by atoms with Crippen LogP contribution in [0.4, 0.5) is 0 Å². The summed E-state index contributed by atoms with van der Waals surface area (Å²) in [6.07, 6.45) is 1.36. The van der Waals surface area contributed by atoms with Gasteiger partial charge in [-0.25, -0.2) is 0 Å². The fourth-order valence-corrected chi connectivity index (χ4v) is 1.15. The summed E-state index contributed by atoms with van der Waals surface area (Å²) in [5, 5.41) is 3.36. The summed E-state index contributed by atoms with van der Waals surface area (Å²) in [5.74, 6) is 1.83. The normalized spacial score (nSPS) is 39.8. The molecular weight excluding hydrogens is 98.1 g/mol. The molecule has 50 valence electrons. The molecule has 1 nitrogen and oxygen atoms in total. The third kappa shape index (κ3) is 1.22. The smallest absolute Gasteiger partial charge is 0 e. The molecule has 0 spiro atoms. The lowest BCUT2D eigenvalue weighted by atomic mass is 9.90. The van der Waals surface area contributed by atoms with E-state index in [9.17, 15) is 0 Å².